The van der Waals surface area contributed by atoms with E-state index in [1.54, 1.807) is 7.11 Å². The maximum absolute atomic E-state index is 5.36. The molecule has 17 heavy (non-hydrogen) atoms. The average molecular weight is 248 g/mol. The summed E-state index contributed by atoms with van der Waals surface area (Å²) in [5.41, 5.74) is 1.07. The van der Waals surface area contributed by atoms with Crippen molar-refractivity contribution in [1.29, 1.82) is 0 Å². The van der Waals surface area contributed by atoms with Crippen LogP contribution in [0.5, 0.6) is 5.75 Å². The first-order valence-corrected chi connectivity index (χ1v) is 7.13. The second-order valence-corrected chi connectivity index (χ2v) is 5.56. The topological polar surface area (TPSA) is 26.5 Å². The Morgan fingerprint density at radius 3 is 3.00 bits per heavy atom. The van der Waals surface area contributed by atoms with Crippen molar-refractivity contribution < 1.29 is 4.74 Å². The molecule has 0 bridgehead atoms. The maximum Gasteiger partial charge on any atom is 0.144 e. The van der Waals surface area contributed by atoms with E-state index in [2.05, 4.69) is 15.6 Å². The van der Waals surface area contributed by atoms with Gasteiger partial charge in [-0.3, -0.25) is 0 Å². The zero-order valence-electron chi connectivity index (χ0n) is 9.93. The Kier molecular flexibility index (Phi) is 2.97. The van der Waals surface area contributed by atoms with E-state index in [-0.39, 0.29) is 0 Å². The van der Waals surface area contributed by atoms with Gasteiger partial charge in [0, 0.05) is 12.1 Å². The molecule has 1 aliphatic heterocycles. The highest BCUT2D eigenvalue weighted by Crippen LogP contribution is 2.32. The number of rotatable bonds is 2. The Morgan fingerprint density at radius 2 is 2.24 bits per heavy atom. The van der Waals surface area contributed by atoms with Gasteiger partial charge in [0.2, 0.25) is 0 Å². The summed E-state index contributed by atoms with van der Waals surface area (Å²) in [6.07, 6.45) is 6.49. The largest absolute Gasteiger partial charge is 0.494 e. The van der Waals surface area contributed by atoms with Crippen molar-refractivity contribution in [3.63, 3.8) is 0 Å². The van der Waals surface area contributed by atoms with Crippen LogP contribution >= 0.6 is 11.8 Å². The molecule has 3 heterocycles. The fourth-order valence-corrected chi connectivity index (χ4v) is 3.55. The second-order valence-electron chi connectivity index (χ2n) is 4.33. The molecule has 0 radical (unpaired) electrons. The van der Waals surface area contributed by atoms with Crippen LogP contribution in [0.4, 0.5) is 0 Å². The van der Waals surface area contributed by atoms with Crippen LogP contribution in [0.3, 0.4) is 0 Å². The zero-order chi connectivity index (χ0) is 11.7. The van der Waals surface area contributed by atoms with E-state index in [1.807, 2.05) is 30.1 Å². The van der Waals surface area contributed by atoms with Crippen molar-refractivity contribution in [3.8, 4) is 5.75 Å². The number of imidazole rings is 1. The van der Waals surface area contributed by atoms with Gasteiger partial charge in [0.25, 0.3) is 0 Å². The van der Waals surface area contributed by atoms with Crippen LogP contribution in [-0.4, -0.2) is 28.0 Å². The molecule has 1 saturated heterocycles. The Morgan fingerprint density at radius 1 is 1.41 bits per heavy atom. The van der Waals surface area contributed by atoms with Crippen LogP contribution in [0, 0.1) is 0 Å². The molecule has 0 N–H and O–H groups in total. The summed E-state index contributed by atoms with van der Waals surface area (Å²) in [6, 6.07) is 4.01. The van der Waals surface area contributed by atoms with Crippen LogP contribution in [0.25, 0.3) is 5.52 Å². The number of hydrogen-bond acceptors (Lipinski definition) is 3. The van der Waals surface area contributed by atoms with Gasteiger partial charge in [-0.05, 0) is 36.5 Å². The molecule has 0 aromatic carbocycles. The fraction of sp³-hybridized carbons (Fsp3) is 0.462. The highest BCUT2D eigenvalue weighted by Gasteiger charge is 2.20. The van der Waals surface area contributed by atoms with Crippen molar-refractivity contribution in [2.24, 2.45) is 0 Å². The number of ether oxygens (including phenoxy) is 1. The summed E-state index contributed by atoms with van der Waals surface area (Å²) in [7, 11) is 1.71. The van der Waals surface area contributed by atoms with E-state index >= 15 is 0 Å². The average Bonchev–Trinajstić information content (AvgIpc) is 2.83. The minimum absolute atomic E-state index is 0.603. The third-order valence-corrected chi connectivity index (χ3v) is 4.42. The Hall–Kier alpha value is -1.16. The number of methoxy groups -OCH3 is 1. The van der Waals surface area contributed by atoms with Crippen molar-refractivity contribution >= 4 is 17.3 Å². The molecule has 2 aromatic rings. The Balaban J connectivity index is 2.05. The maximum atomic E-state index is 5.36. The summed E-state index contributed by atoms with van der Waals surface area (Å²) in [5, 5.41) is 0. The highest BCUT2D eigenvalue weighted by atomic mass is 32.2. The van der Waals surface area contributed by atoms with Crippen LogP contribution < -0.4 is 4.74 Å². The molecule has 1 aliphatic rings. The van der Waals surface area contributed by atoms with Gasteiger partial charge < -0.3 is 9.14 Å². The van der Waals surface area contributed by atoms with Gasteiger partial charge in [0.15, 0.2) is 0 Å². The smallest absolute Gasteiger partial charge is 0.144 e. The minimum atomic E-state index is 0.603. The van der Waals surface area contributed by atoms with E-state index in [9.17, 15) is 0 Å². The molecular weight excluding hydrogens is 232 g/mol. The molecular formula is C13H16N2OS. The zero-order valence-corrected chi connectivity index (χ0v) is 10.7. The van der Waals surface area contributed by atoms with Crippen LogP contribution in [0.15, 0.2) is 24.5 Å². The fourth-order valence-electron chi connectivity index (χ4n) is 2.45. The van der Waals surface area contributed by atoms with Gasteiger partial charge in [0.1, 0.15) is 17.1 Å². The molecule has 90 valence electrons. The summed E-state index contributed by atoms with van der Waals surface area (Å²) in [4.78, 5) is 4.60. The predicted octanol–water partition coefficient (Wildman–Crippen LogP) is 2.95. The summed E-state index contributed by atoms with van der Waals surface area (Å²) >= 11 is 2.05. The number of fused-ring (bicyclic) bond motifs is 1. The molecule has 4 heteroatoms. The molecule has 0 unspecified atom stereocenters. The van der Waals surface area contributed by atoms with Crippen LogP contribution in [0.1, 0.15) is 24.6 Å². The Labute approximate surface area is 105 Å². The number of nitrogens with zero attached hydrogens (tertiary/aromatic N) is 2. The minimum Gasteiger partial charge on any atom is -0.494 e. The summed E-state index contributed by atoms with van der Waals surface area (Å²) in [5.74, 6) is 5.20. The predicted molar refractivity (Wildman–Crippen MR) is 71.0 cm³/mol. The summed E-state index contributed by atoms with van der Waals surface area (Å²) in [6.45, 7) is 0. The first-order valence-electron chi connectivity index (χ1n) is 5.98. The molecule has 1 fully saturated rings. The lowest BCUT2D eigenvalue weighted by molar-refractivity contribution is 0.417. The molecule has 3 rings (SSSR count). The molecule has 2 aromatic heterocycles. The van der Waals surface area contributed by atoms with Crippen molar-refractivity contribution in [1.82, 2.24) is 9.38 Å². The first-order chi connectivity index (χ1) is 8.40. The van der Waals surface area contributed by atoms with Gasteiger partial charge in [-0.15, -0.1) is 0 Å². The molecule has 0 atom stereocenters. The highest BCUT2D eigenvalue weighted by molar-refractivity contribution is 7.99. The quantitative estimate of drug-likeness (QED) is 0.817. The van der Waals surface area contributed by atoms with Gasteiger partial charge in [-0.25, -0.2) is 4.98 Å². The van der Waals surface area contributed by atoms with Crippen molar-refractivity contribution in [3.05, 3.63) is 30.4 Å². The van der Waals surface area contributed by atoms with Gasteiger partial charge in [0.05, 0.1) is 13.3 Å². The number of hydrogen-bond donors (Lipinski definition) is 0. The number of pyridine rings is 1. The lowest BCUT2D eigenvalue weighted by Gasteiger charge is -2.20. The molecule has 0 saturated carbocycles. The molecule has 0 aliphatic carbocycles. The number of thioether (sulfide) groups is 1. The van der Waals surface area contributed by atoms with E-state index in [0.29, 0.717) is 5.92 Å². The van der Waals surface area contributed by atoms with E-state index in [4.69, 9.17) is 4.74 Å². The Bertz CT molecular complexity index is 517. The normalized spacial score (nSPS) is 17.5. The lowest BCUT2D eigenvalue weighted by Crippen LogP contribution is -2.11. The molecule has 0 spiro atoms. The van der Waals surface area contributed by atoms with Crippen molar-refractivity contribution in [2.45, 2.75) is 18.8 Å². The van der Waals surface area contributed by atoms with Gasteiger partial charge in [-0.1, -0.05) is 0 Å². The van der Waals surface area contributed by atoms with Gasteiger partial charge in [-0.2, -0.15) is 11.8 Å². The summed E-state index contributed by atoms with van der Waals surface area (Å²) < 4.78 is 7.54. The van der Waals surface area contributed by atoms with E-state index in [1.165, 1.54) is 30.2 Å². The lowest BCUT2D eigenvalue weighted by atomic mass is 10.0. The monoisotopic (exact) mass is 248 g/mol. The molecule has 0 amide bonds. The van der Waals surface area contributed by atoms with Crippen LogP contribution in [-0.2, 0) is 0 Å². The third kappa shape index (κ3) is 1.90. The molecule has 3 nitrogen and oxygen atoms in total. The van der Waals surface area contributed by atoms with Crippen molar-refractivity contribution in [2.75, 3.05) is 18.6 Å². The number of aromatic nitrogens is 2. The van der Waals surface area contributed by atoms with Gasteiger partial charge >= 0.3 is 0 Å². The SMILES string of the molecule is COc1cccn2c(C3CCSCC3)ncc12. The van der Waals surface area contributed by atoms with E-state index < -0.39 is 0 Å². The van der Waals surface area contributed by atoms with E-state index in [0.717, 1.165) is 11.3 Å². The third-order valence-electron chi connectivity index (χ3n) is 3.37. The first kappa shape index (κ1) is 11.0. The van der Waals surface area contributed by atoms with Crippen LogP contribution in [0.2, 0.25) is 0 Å². The standard InChI is InChI=1S/C13H16N2OS/c1-16-12-3-2-6-15-11(12)9-14-13(15)10-4-7-17-8-5-10/h2-3,6,9-10H,4-5,7-8H2,1H3. The second kappa shape index (κ2) is 4.61.